The smallest absolute Gasteiger partial charge is 0.269 e. The third-order valence-corrected chi connectivity index (χ3v) is 4.61. The van der Waals surface area contributed by atoms with Crippen LogP contribution in [0.1, 0.15) is 20.8 Å². The molecule has 0 fully saturated rings. The minimum Gasteiger partial charge on any atom is -0.311 e. The summed E-state index contributed by atoms with van der Waals surface area (Å²) >= 11 is 21.3. The van der Waals surface area contributed by atoms with Crippen molar-refractivity contribution in [2.24, 2.45) is 10.5 Å². The lowest BCUT2D eigenvalue weighted by Gasteiger charge is -2.17. The molecule has 5 nitrogen and oxygen atoms in total. The van der Waals surface area contributed by atoms with Crippen molar-refractivity contribution in [2.75, 3.05) is 5.01 Å². The Balaban J connectivity index is 2.38. The molecule has 9 heteroatoms. The Hall–Kier alpha value is -0.820. The van der Waals surface area contributed by atoms with Gasteiger partial charge in [0.1, 0.15) is 5.69 Å². The Morgan fingerprint density at radius 2 is 1.78 bits per heavy atom. The number of hydrazone groups is 1. The lowest BCUT2D eigenvalue weighted by molar-refractivity contribution is -0.126. The number of amidine groups is 1. The predicted octanol–water partition coefficient (Wildman–Crippen LogP) is 4.23. The molecule has 1 unspecified atom stereocenters. The van der Waals surface area contributed by atoms with Gasteiger partial charge in [-0.1, -0.05) is 71.5 Å². The number of rotatable bonds is 1. The fourth-order valence-electron chi connectivity index (χ4n) is 1.72. The van der Waals surface area contributed by atoms with E-state index in [2.05, 4.69) is 26.3 Å². The largest absolute Gasteiger partial charge is 0.311 e. The molecular weight excluding hydrogens is 428 g/mol. The van der Waals surface area contributed by atoms with Gasteiger partial charge in [0.05, 0.1) is 10.0 Å². The third kappa shape index (κ3) is 3.82. The molecule has 0 aromatic heterocycles. The number of anilines is 1. The van der Waals surface area contributed by atoms with Crippen LogP contribution in [-0.2, 0) is 9.59 Å². The molecule has 0 bridgehead atoms. The van der Waals surface area contributed by atoms with Crippen LogP contribution in [0.2, 0.25) is 15.1 Å². The average molecular weight is 442 g/mol. The number of carbonyl (C=O) groups is 2. The standard InChI is InChI=1S/C14H13BrCl3N3O2/c1-14(2,3)13(23)19-11-9(15)12(22)21(20-11)10-7(17)4-6(16)5-8(10)18/h4-5,9H,1-3H3,(H,19,20,23). The van der Waals surface area contributed by atoms with Crippen LogP contribution in [0.5, 0.6) is 0 Å². The number of nitrogens with zero attached hydrogens (tertiary/aromatic N) is 2. The van der Waals surface area contributed by atoms with Crippen LogP contribution in [0, 0.1) is 5.41 Å². The maximum absolute atomic E-state index is 12.4. The molecule has 1 aliphatic rings. The van der Waals surface area contributed by atoms with Crippen molar-refractivity contribution >= 4 is 74.1 Å². The molecule has 23 heavy (non-hydrogen) atoms. The minimum atomic E-state index is -0.795. The molecule has 1 aliphatic heterocycles. The first-order chi connectivity index (χ1) is 10.5. The van der Waals surface area contributed by atoms with Crippen LogP contribution in [0.3, 0.4) is 0 Å². The molecular formula is C14H13BrCl3N3O2. The van der Waals surface area contributed by atoms with Gasteiger partial charge >= 0.3 is 0 Å². The van der Waals surface area contributed by atoms with Gasteiger partial charge < -0.3 is 5.32 Å². The molecule has 0 spiro atoms. The molecule has 2 amide bonds. The molecule has 1 aromatic carbocycles. The number of nitrogens with one attached hydrogen (secondary N) is 1. The highest BCUT2D eigenvalue weighted by Crippen LogP contribution is 2.39. The van der Waals surface area contributed by atoms with Gasteiger partial charge in [-0.05, 0) is 12.1 Å². The van der Waals surface area contributed by atoms with Gasteiger partial charge in [-0.3, -0.25) is 9.59 Å². The van der Waals surface area contributed by atoms with E-state index in [9.17, 15) is 9.59 Å². The van der Waals surface area contributed by atoms with Crippen molar-refractivity contribution in [1.29, 1.82) is 0 Å². The van der Waals surface area contributed by atoms with E-state index >= 15 is 0 Å². The Bertz CT molecular complexity index is 693. The van der Waals surface area contributed by atoms with E-state index in [4.69, 9.17) is 34.8 Å². The van der Waals surface area contributed by atoms with E-state index < -0.39 is 16.1 Å². The monoisotopic (exact) mass is 439 g/mol. The van der Waals surface area contributed by atoms with E-state index in [1.807, 2.05) is 0 Å². The second kappa shape index (κ2) is 6.59. The van der Waals surface area contributed by atoms with Gasteiger partial charge in [0.25, 0.3) is 5.91 Å². The van der Waals surface area contributed by atoms with Gasteiger partial charge in [0.15, 0.2) is 10.7 Å². The molecule has 0 saturated carbocycles. The van der Waals surface area contributed by atoms with Crippen molar-refractivity contribution in [3.63, 3.8) is 0 Å². The second-order valence-electron chi connectivity index (χ2n) is 5.92. The van der Waals surface area contributed by atoms with Crippen molar-refractivity contribution < 1.29 is 9.59 Å². The van der Waals surface area contributed by atoms with E-state index in [1.165, 1.54) is 12.1 Å². The molecule has 1 aromatic rings. The number of amides is 2. The Labute approximate surface area is 157 Å². The fourth-order valence-corrected chi connectivity index (χ4v) is 3.10. The summed E-state index contributed by atoms with van der Waals surface area (Å²) in [5.74, 6) is -0.499. The van der Waals surface area contributed by atoms with Crippen LogP contribution in [0.15, 0.2) is 17.2 Å². The topological polar surface area (TPSA) is 61.8 Å². The van der Waals surface area contributed by atoms with Gasteiger partial charge in [-0.15, -0.1) is 5.10 Å². The summed E-state index contributed by atoms with van der Waals surface area (Å²) in [6.45, 7) is 5.27. The van der Waals surface area contributed by atoms with Crippen molar-refractivity contribution in [3.8, 4) is 0 Å². The van der Waals surface area contributed by atoms with Crippen molar-refractivity contribution in [2.45, 2.75) is 25.6 Å². The van der Waals surface area contributed by atoms with E-state index in [0.29, 0.717) is 5.02 Å². The Kier molecular flexibility index (Phi) is 5.31. The van der Waals surface area contributed by atoms with Crippen LogP contribution in [-0.4, -0.2) is 22.5 Å². The fraction of sp³-hybridized carbons (Fsp3) is 0.357. The van der Waals surface area contributed by atoms with Crippen LogP contribution >= 0.6 is 50.7 Å². The Morgan fingerprint density at radius 1 is 1.26 bits per heavy atom. The van der Waals surface area contributed by atoms with Gasteiger partial charge in [0.2, 0.25) is 5.91 Å². The lowest BCUT2D eigenvalue weighted by Crippen LogP contribution is -2.42. The molecule has 0 aliphatic carbocycles. The summed E-state index contributed by atoms with van der Waals surface area (Å²) < 4.78 is 0. The van der Waals surface area contributed by atoms with Crippen molar-refractivity contribution in [3.05, 3.63) is 27.2 Å². The maximum atomic E-state index is 12.4. The first kappa shape index (κ1) is 18.5. The number of hydrogen-bond donors (Lipinski definition) is 1. The summed E-state index contributed by atoms with van der Waals surface area (Å²) in [5.41, 5.74) is -0.409. The number of hydrogen-bond acceptors (Lipinski definition) is 3. The summed E-state index contributed by atoms with van der Waals surface area (Å²) in [7, 11) is 0. The van der Waals surface area contributed by atoms with Crippen LogP contribution in [0.25, 0.3) is 0 Å². The highest BCUT2D eigenvalue weighted by Gasteiger charge is 2.38. The van der Waals surface area contributed by atoms with Crippen LogP contribution < -0.4 is 10.3 Å². The normalized spacial score (nSPS) is 18.2. The quantitative estimate of drug-likeness (QED) is 0.663. The maximum Gasteiger partial charge on any atom is 0.269 e. The number of halogens is 4. The SMILES string of the molecule is CC(C)(C)C(=O)NC1=NN(c2c(Cl)cc(Cl)cc2Cl)C(=O)C1Br. The van der Waals surface area contributed by atoms with Gasteiger partial charge in [-0.2, -0.15) is 5.01 Å². The first-order valence-electron chi connectivity index (χ1n) is 6.55. The summed E-state index contributed by atoms with van der Waals surface area (Å²) in [6, 6.07) is 2.92. The second-order valence-corrected chi connectivity index (χ2v) is 8.09. The zero-order valence-corrected chi connectivity index (χ0v) is 16.3. The molecule has 1 N–H and O–H groups in total. The summed E-state index contributed by atoms with van der Waals surface area (Å²) in [6.07, 6.45) is 0. The molecule has 1 atom stereocenters. The van der Waals surface area contributed by atoms with E-state index in [-0.39, 0.29) is 27.5 Å². The lowest BCUT2D eigenvalue weighted by atomic mass is 9.96. The zero-order valence-electron chi connectivity index (χ0n) is 12.5. The minimum absolute atomic E-state index is 0.178. The summed E-state index contributed by atoms with van der Waals surface area (Å²) in [4.78, 5) is 23.7. The zero-order chi connectivity index (χ0) is 17.5. The molecule has 0 radical (unpaired) electrons. The number of carbonyl (C=O) groups excluding carboxylic acids is 2. The molecule has 0 saturated heterocycles. The highest BCUT2D eigenvalue weighted by atomic mass is 79.9. The van der Waals surface area contributed by atoms with Gasteiger partial charge in [0, 0.05) is 10.4 Å². The third-order valence-electron chi connectivity index (χ3n) is 2.99. The number of alkyl halides is 1. The van der Waals surface area contributed by atoms with Crippen LogP contribution in [0.4, 0.5) is 5.69 Å². The van der Waals surface area contributed by atoms with E-state index in [0.717, 1.165) is 5.01 Å². The highest BCUT2D eigenvalue weighted by molar-refractivity contribution is 9.10. The molecule has 124 valence electrons. The molecule has 1 heterocycles. The van der Waals surface area contributed by atoms with E-state index in [1.54, 1.807) is 20.8 Å². The van der Waals surface area contributed by atoms with Crippen molar-refractivity contribution in [1.82, 2.24) is 5.32 Å². The number of benzene rings is 1. The van der Waals surface area contributed by atoms with Gasteiger partial charge in [-0.25, -0.2) is 0 Å². The molecule has 2 rings (SSSR count). The summed E-state index contributed by atoms with van der Waals surface area (Å²) in [5, 5.41) is 8.54. The Morgan fingerprint density at radius 3 is 2.26 bits per heavy atom. The predicted molar refractivity (Wildman–Crippen MR) is 96.7 cm³/mol. The first-order valence-corrected chi connectivity index (χ1v) is 8.60. The average Bonchev–Trinajstić information content (AvgIpc) is 2.65.